The molecule has 0 spiro atoms. The van der Waals surface area contributed by atoms with E-state index in [4.69, 9.17) is 9.66 Å². The molecule has 7 heteroatoms. The fourth-order valence-corrected chi connectivity index (χ4v) is 1.28. The monoisotopic (exact) mass is 274 g/mol. The number of carbonyl (C=O) groups is 1. The van der Waals surface area contributed by atoms with Gasteiger partial charge in [-0.05, 0) is 25.6 Å². The van der Waals surface area contributed by atoms with E-state index in [1.807, 2.05) is 6.92 Å². The second kappa shape index (κ2) is 6.77. The summed E-state index contributed by atoms with van der Waals surface area (Å²) < 4.78 is 33.8. The fourth-order valence-electron chi connectivity index (χ4n) is 0.798. The largest absolute Gasteiger partial charge is 0.490 e. The van der Waals surface area contributed by atoms with Crippen molar-refractivity contribution in [3.05, 3.63) is 42.2 Å². The van der Waals surface area contributed by atoms with Gasteiger partial charge in [-0.25, -0.2) is 4.79 Å². The lowest BCUT2D eigenvalue weighted by molar-refractivity contribution is -0.136. The first-order valence-corrected chi connectivity index (χ1v) is 6.13. The summed E-state index contributed by atoms with van der Waals surface area (Å²) >= 11 is 0. The van der Waals surface area contributed by atoms with E-state index in [9.17, 15) is 13.2 Å². The summed E-state index contributed by atoms with van der Waals surface area (Å²) in [4.78, 5) is 9.64. The maximum absolute atomic E-state index is 10.5. The lowest BCUT2D eigenvalue weighted by Crippen LogP contribution is -1.99. The zero-order chi connectivity index (χ0) is 14.3. The molecule has 0 aliphatic heterocycles. The minimum atomic E-state index is -4.02. The third-order valence-electron chi connectivity index (χ3n) is 1.80. The molecular weight excluding hydrogens is 260 g/mol. The van der Waals surface area contributed by atoms with Crippen LogP contribution < -0.4 is 0 Å². The highest BCUT2D eigenvalue weighted by molar-refractivity contribution is 7.85. The molecule has 0 fully saturated rings. The van der Waals surface area contributed by atoms with Crippen molar-refractivity contribution < 1.29 is 27.6 Å². The number of methoxy groups -OCH3 is 1. The van der Waals surface area contributed by atoms with Crippen LogP contribution >= 0.6 is 0 Å². The van der Waals surface area contributed by atoms with Crippen LogP contribution in [0.4, 0.5) is 0 Å². The first kappa shape index (κ1) is 16.1. The van der Waals surface area contributed by atoms with Crippen LogP contribution in [0.5, 0.6) is 0 Å². The normalized spacial score (nSPS) is 9.94. The van der Waals surface area contributed by atoms with Gasteiger partial charge in [-0.1, -0.05) is 17.7 Å². The number of hydrogen-bond acceptors (Lipinski definition) is 4. The average molecular weight is 274 g/mol. The van der Waals surface area contributed by atoms with E-state index in [0.717, 1.165) is 5.56 Å². The van der Waals surface area contributed by atoms with Crippen LogP contribution in [-0.4, -0.2) is 31.2 Å². The van der Waals surface area contributed by atoms with Gasteiger partial charge in [0, 0.05) is 0 Å². The van der Waals surface area contributed by atoms with Crippen LogP contribution in [0.15, 0.2) is 41.5 Å². The molecule has 0 aliphatic rings. The predicted octanol–water partition coefficient (Wildman–Crippen LogP) is 1.47. The highest BCUT2D eigenvalue weighted by atomic mass is 32.2. The van der Waals surface area contributed by atoms with E-state index in [1.54, 1.807) is 12.1 Å². The van der Waals surface area contributed by atoms with Crippen LogP contribution in [-0.2, 0) is 19.6 Å². The summed E-state index contributed by atoms with van der Waals surface area (Å²) in [5.41, 5.74) is 0.956. The number of carboxylic acids is 1. The van der Waals surface area contributed by atoms with E-state index in [2.05, 4.69) is 11.3 Å². The molecule has 1 aromatic rings. The smallest absolute Gasteiger partial charge is 0.370 e. The predicted molar refractivity (Wildman–Crippen MR) is 64.8 cm³/mol. The third-order valence-corrected chi connectivity index (χ3v) is 2.67. The Balaban J connectivity index is 0.000000360. The highest BCUT2D eigenvalue weighted by Gasteiger charge is 2.06. The molecular formula is C11H14O6S. The van der Waals surface area contributed by atoms with Gasteiger partial charge < -0.3 is 9.84 Å². The number of ether oxygens (including phenoxy) is 1. The minimum Gasteiger partial charge on any atom is -0.490 e. The van der Waals surface area contributed by atoms with E-state index < -0.39 is 16.1 Å². The van der Waals surface area contributed by atoms with E-state index >= 15 is 0 Å². The van der Waals surface area contributed by atoms with Crippen LogP contribution in [0.1, 0.15) is 5.56 Å². The second-order valence-electron chi connectivity index (χ2n) is 3.22. The molecule has 18 heavy (non-hydrogen) atoms. The zero-order valence-electron chi connectivity index (χ0n) is 9.95. The zero-order valence-corrected chi connectivity index (χ0v) is 10.8. The summed E-state index contributed by atoms with van der Waals surface area (Å²) in [5, 5.41) is 7.96. The van der Waals surface area contributed by atoms with Crippen LogP contribution in [0.3, 0.4) is 0 Å². The highest BCUT2D eigenvalue weighted by Crippen LogP contribution is 2.08. The minimum absolute atomic E-state index is 0.0666. The quantitative estimate of drug-likeness (QED) is 0.492. The molecule has 0 unspecified atom stereocenters. The number of hydrogen-bond donors (Lipinski definition) is 2. The first-order chi connectivity index (χ1) is 8.18. The van der Waals surface area contributed by atoms with Crippen LogP contribution in [0.2, 0.25) is 0 Å². The van der Waals surface area contributed by atoms with Crippen molar-refractivity contribution in [2.75, 3.05) is 7.11 Å². The Kier molecular flexibility index (Phi) is 6.07. The van der Waals surface area contributed by atoms with Gasteiger partial charge in [-0.3, -0.25) is 4.55 Å². The van der Waals surface area contributed by atoms with E-state index in [-0.39, 0.29) is 10.7 Å². The molecule has 0 saturated carbocycles. The van der Waals surface area contributed by atoms with Crippen molar-refractivity contribution in [3.8, 4) is 0 Å². The lowest BCUT2D eigenvalue weighted by atomic mass is 10.2. The SMILES string of the molecule is C=C(OC)C(=O)O.Cc1ccc(S(=O)(=O)O)cc1. The van der Waals surface area contributed by atoms with Crippen molar-refractivity contribution in [3.63, 3.8) is 0 Å². The molecule has 1 rings (SSSR count). The maximum atomic E-state index is 10.5. The molecule has 6 nitrogen and oxygen atoms in total. The number of aliphatic carboxylic acids is 1. The van der Waals surface area contributed by atoms with Gasteiger partial charge in [0.2, 0.25) is 0 Å². The Hall–Kier alpha value is -1.86. The molecule has 1 aromatic carbocycles. The Bertz CT molecular complexity index is 515. The van der Waals surface area contributed by atoms with E-state index in [1.165, 1.54) is 19.2 Å². The fraction of sp³-hybridized carbons (Fsp3) is 0.182. The molecule has 0 amide bonds. The van der Waals surface area contributed by atoms with Crippen molar-refractivity contribution in [1.82, 2.24) is 0 Å². The van der Waals surface area contributed by atoms with Gasteiger partial charge in [-0.2, -0.15) is 8.42 Å². The molecule has 0 heterocycles. The molecule has 0 saturated heterocycles. The van der Waals surface area contributed by atoms with Gasteiger partial charge >= 0.3 is 5.97 Å². The maximum Gasteiger partial charge on any atom is 0.370 e. The molecule has 100 valence electrons. The van der Waals surface area contributed by atoms with Crippen molar-refractivity contribution >= 4 is 16.1 Å². The summed E-state index contributed by atoms with van der Waals surface area (Å²) in [5.74, 6) is -1.36. The summed E-state index contributed by atoms with van der Waals surface area (Å²) in [6, 6.07) is 5.99. The van der Waals surface area contributed by atoms with Crippen molar-refractivity contribution in [2.45, 2.75) is 11.8 Å². The van der Waals surface area contributed by atoms with Crippen molar-refractivity contribution in [2.24, 2.45) is 0 Å². The molecule has 2 N–H and O–H groups in total. The molecule has 0 radical (unpaired) electrons. The summed E-state index contributed by atoms with van der Waals surface area (Å²) in [7, 11) is -2.76. The Morgan fingerprint density at radius 2 is 1.72 bits per heavy atom. The van der Waals surface area contributed by atoms with Gasteiger partial charge in [0.05, 0.1) is 12.0 Å². The lowest BCUT2D eigenvalue weighted by Gasteiger charge is -1.95. The molecule has 0 bridgehead atoms. The molecule has 0 aliphatic carbocycles. The Morgan fingerprint density at radius 1 is 1.28 bits per heavy atom. The summed E-state index contributed by atoms with van der Waals surface area (Å²) in [6.07, 6.45) is 0. The topological polar surface area (TPSA) is 101 Å². The summed E-state index contributed by atoms with van der Waals surface area (Å²) in [6.45, 7) is 4.89. The van der Waals surface area contributed by atoms with Gasteiger partial charge in [-0.15, -0.1) is 0 Å². The first-order valence-electron chi connectivity index (χ1n) is 4.69. The molecule has 0 aromatic heterocycles. The van der Waals surface area contributed by atoms with Gasteiger partial charge in [0.15, 0.2) is 5.76 Å². The Morgan fingerprint density at radius 3 is 1.94 bits per heavy atom. The number of rotatable bonds is 3. The van der Waals surface area contributed by atoms with Crippen molar-refractivity contribution in [1.29, 1.82) is 0 Å². The second-order valence-corrected chi connectivity index (χ2v) is 4.64. The molecule has 0 atom stereocenters. The average Bonchev–Trinajstić information content (AvgIpc) is 2.28. The number of aryl methyl sites for hydroxylation is 1. The van der Waals surface area contributed by atoms with Crippen LogP contribution in [0, 0.1) is 6.92 Å². The van der Waals surface area contributed by atoms with E-state index in [0.29, 0.717) is 0 Å². The third kappa shape index (κ3) is 6.02. The van der Waals surface area contributed by atoms with Gasteiger partial charge in [0.25, 0.3) is 10.1 Å². The standard InChI is InChI=1S/C7H8O3S.C4H6O3/c1-6-2-4-7(5-3-6)11(8,9)10;1-3(7-2)4(5)6/h2-5H,1H3,(H,8,9,10);1H2,2H3,(H,5,6). The number of benzene rings is 1. The van der Waals surface area contributed by atoms with Crippen LogP contribution in [0.25, 0.3) is 0 Å². The van der Waals surface area contributed by atoms with Gasteiger partial charge in [0.1, 0.15) is 0 Å². The number of carboxylic acid groups (broad SMARTS) is 1. The Labute approximate surface area is 105 Å².